The molecule has 8 heteroatoms. The average Bonchev–Trinajstić information content (AvgIpc) is 2.98. The van der Waals surface area contributed by atoms with Crippen LogP contribution in [0.2, 0.25) is 4.34 Å². The van der Waals surface area contributed by atoms with E-state index in [4.69, 9.17) is 16.3 Å². The maximum Gasteiger partial charge on any atom is 0.250 e. The highest BCUT2D eigenvalue weighted by molar-refractivity contribution is 7.91. The first kappa shape index (κ1) is 19.1. The summed E-state index contributed by atoms with van der Waals surface area (Å²) in [6.07, 6.45) is 4.20. The van der Waals surface area contributed by atoms with Gasteiger partial charge in [0.1, 0.15) is 4.21 Å². The molecule has 0 spiro atoms. The van der Waals surface area contributed by atoms with Crippen molar-refractivity contribution in [3.8, 4) is 0 Å². The molecule has 0 bridgehead atoms. The van der Waals surface area contributed by atoms with Crippen molar-refractivity contribution in [1.29, 1.82) is 0 Å². The van der Waals surface area contributed by atoms with Gasteiger partial charge in [-0.15, -0.1) is 11.3 Å². The van der Waals surface area contributed by atoms with E-state index in [1.165, 1.54) is 6.07 Å². The number of hydrogen-bond acceptors (Lipinski definition) is 5. The number of hydrogen-bond donors (Lipinski definition) is 2. The summed E-state index contributed by atoms with van der Waals surface area (Å²) in [7, 11) is -3.60. The summed E-state index contributed by atoms with van der Waals surface area (Å²) < 4.78 is 33.0. The monoisotopic (exact) mass is 381 g/mol. The summed E-state index contributed by atoms with van der Waals surface area (Å²) in [4.78, 5) is 0. The van der Waals surface area contributed by atoms with Crippen molar-refractivity contribution in [2.24, 2.45) is 5.92 Å². The van der Waals surface area contributed by atoms with Crippen LogP contribution in [0, 0.1) is 5.92 Å². The van der Waals surface area contributed by atoms with E-state index in [0.717, 1.165) is 50.0 Å². The molecule has 0 unspecified atom stereocenters. The SMILES string of the molecule is CCCOC1CCC([C@@H](O)CNS(=O)(=O)c2ccc(Cl)s2)CC1. The summed E-state index contributed by atoms with van der Waals surface area (Å²) in [6.45, 7) is 2.90. The standard InChI is InChI=1S/C15H24ClNO4S2/c1-2-9-21-12-5-3-11(4-6-12)13(18)10-17-23(19,20)15-8-7-14(16)22-15/h7-8,11-13,17-18H,2-6,9-10H2,1H3/t11?,12?,13-/m0/s1. The van der Waals surface area contributed by atoms with Gasteiger partial charge in [0.25, 0.3) is 0 Å². The third-order valence-corrected chi connectivity index (χ3v) is 7.26. The number of rotatable bonds is 8. The second-order valence-electron chi connectivity index (χ2n) is 5.89. The molecule has 0 amide bonds. The number of nitrogens with one attached hydrogen (secondary N) is 1. The van der Waals surface area contributed by atoms with Crippen LogP contribution in [0.15, 0.2) is 16.3 Å². The van der Waals surface area contributed by atoms with Crippen molar-refractivity contribution in [3.05, 3.63) is 16.5 Å². The second kappa shape index (κ2) is 8.78. The molecule has 1 aliphatic rings. The third kappa shape index (κ3) is 5.69. The Bertz CT molecular complexity index is 582. The average molecular weight is 382 g/mol. The van der Waals surface area contributed by atoms with Crippen molar-refractivity contribution < 1.29 is 18.3 Å². The van der Waals surface area contributed by atoms with Crippen LogP contribution in [-0.4, -0.2) is 38.9 Å². The second-order valence-corrected chi connectivity index (χ2v) is 9.59. The molecule has 1 saturated carbocycles. The molecule has 2 rings (SSSR count). The Labute approximate surface area is 147 Å². The van der Waals surface area contributed by atoms with Gasteiger partial charge in [-0.05, 0) is 50.2 Å². The lowest BCUT2D eigenvalue weighted by Crippen LogP contribution is -2.38. The van der Waals surface area contributed by atoms with E-state index in [2.05, 4.69) is 11.6 Å². The van der Waals surface area contributed by atoms with Crippen molar-refractivity contribution in [2.75, 3.05) is 13.2 Å². The molecular weight excluding hydrogens is 358 g/mol. The van der Waals surface area contributed by atoms with E-state index < -0.39 is 16.1 Å². The molecule has 0 aliphatic heterocycles. The number of halogens is 1. The summed E-state index contributed by atoms with van der Waals surface area (Å²) >= 11 is 6.77. The van der Waals surface area contributed by atoms with Crippen LogP contribution < -0.4 is 4.72 Å². The first-order valence-electron chi connectivity index (χ1n) is 7.97. The molecule has 1 aromatic heterocycles. The van der Waals surface area contributed by atoms with Crippen LogP contribution in [0.5, 0.6) is 0 Å². The predicted octanol–water partition coefficient (Wildman–Crippen LogP) is 3.03. The molecule has 2 N–H and O–H groups in total. The quantitative estimate of drug-likeness (QED) is 0.725. The Hall–Kier alpha value is -0.180. The fraction of sp³-hybridized carbons (Fsp3) is 0.733. The highest BCUT2D eigenvalue weighted by atomic mass is 35.5. The highest BCUT2D eigenvalue weighted by Gasteiger charge is 2.28. The summed E-state index contributed by atoms with van der Waals surface area (Å²) in [6, 6.07) is 3.02. The number of aliphatic hydroxyl groups excluding tert-OH is 1. The number of ether oxygens (including phenoxy) is 1. The van der Waals surface area contributed by atoms with Crippen LogP contribution in [0.25, 0.3) is 0 Å². The van der Waals surface area contributed by atoms with E-state index in [0.29, 0.717) is 4.34 Å². The van der Waals surface area contributed by atoms with Gasteiger partial charge in [-0.2, -0.15) is 0 Å². The molecule has 23 heavy (non-hydrogen) atoms. The number of thiophene rings is 1. The van der Waals surface area contributed by atoms with E-state index in [9.17, 15) is 13.5 Å². The normalized spacial score (nSPS) is 23.8. The van der Waals surface area contributed by atoms with Crippen molar-refractivity contribution in [3.63, 3.8) is 0 Å². The minimum absolute atomic E-state index is 0.0308. The lowest BCUT2D eigenvalue weighted by atomic mass is 9.84. The first-order valence-corrected chi connectivity index (χ1v) is 10.6. The van der Waals surface area contributed by atoms with Gasteiger partial charge in [0, 0.05) is 13.2 Å². The van der Waals surface area contributed by atoms with E-state index in [-0.39, 0.29) is 22.8 Å². The maximum absolute atomic E-state index is 12.1. The molecule has 1 fully saturated rings. The van der Waals surface area contributed by atoms with Gasteiger partial charge in [-0.25, -0.2) is 13.1 Å². The Morgan fingerprint density at radius 2 is 2.09 bits per heavy atom. The fourth-order valence-electron chi connectivity index (χ4n) is 2.80. The topological polar surface area (TPSA) is 75.6 Å². The minimum Gasteiger partial charge on any atom is -0.391 e. The Kier molecular flexibility index (Phi) is 7.31. The van der Waals surface area contributed by atoms with E-state index in [1.807, 2.05) is 0 Å². The third-order valence-electron chi connectivity index (χ3n) is 4.12. The highest BCUT2D eigenvalue weighted by Crippen LogP contribution is 2.29. The van der Waals surface area contributed by atoms with Crippen LogP contribution in [-0.2, 0) is 14.8 Å². The Morgan fingerprint density at radius 3 is 2.65 bits per heavy atom. The lowest BCUT2D eigenvalue weighted by Gasteiger charge is -2.31. The van der Waals surface area contributed by atoms with Crippen molar-refractivity contribution in [2.45, 2.75) is 55.4 Å². The van der Waals surface area contributed by atoms with Gasteiger partial charge in [0.15, 0.2) is 0 Å². The molecule has 1 aliphatic carbocycles. The number of aliphatic hydroxyl groups is 1. The van der Waals surface area contributed by atoms with Gasteiger partial charge in [0.05, 0.1) is 16.5 Å². The molecule has 1 atom stereocenters. The molecule has 1 heterocycles. The van der Waals surface area contributed by atoms with Crippen molar-refractivity contribution >= 4 is 33.0 Å². The fourth-order valence-corrected chi connectivity index (χ4v) is 5.38. The molecular formula is C15H24ClNO4S2. The van der Waals surface area contributed by atoms with Gasteiger partial charge in [-0.1, -0.05) is 18.5 Å². The van der Waals surface area contributed by atoms with E-state index >= 15 is 0 Å². The molecule has 0 radical (unpaired) electrons. The zero-order chi connectivity index (χ0) is 16.9. The maximum atomic E-state index is 12.1. The summed E-state index contributed by atoms with van der Waals surface area (Å²) in [5, 5.41) is 10.3. The zero-order valence-corrected chi connectivity index (χ0v) is 15.6. The van der Waals surface area contributed by atoms with Crippen molar-refractivity contribution in [1.82, 2.24) is 4.72 Å². The predicted molar refractivity (Wildman–Crippen MR) is 92.5 cm³/mol. The lowest BCUT2D eigenvalue weighted by molar-refractivity contribution is -0.00335. The van der Waals surface area contributed by atoms with Crippen LogP contribution in [0.1, 0.15) is 39.0 Å². The van der Waals surface area contributed by atoms with Crippen LogP contribution in [0.3, 0.4) is 0 Å². The largest absolute Gasteiger partial charge is 0.391 e. The van der Waals surface area contributed by atoms with Gasteiger partial charge < -0.3 is 9.84 Å². The van der Waals surface area contributed by atoms with Crippen LogP contribution in [0.4, 0.5) is 0 Å². The smallest absolute Gasteiger partial charge is 0.250 e. The number of sulfonamides is 1. The molecule has 0 saturated heterocycles. The molecule has 0 aromatic carbocycles. The minimum atomic E-state index is -3.60. The molecule has 132 valence electrons. The first-order chi connectivity index (χ1) is 10.9. The zero-order valence-electron chi connectivity index (χ0n) is 13.2. The Morgan fingerprint density at radius 1 is 1.39 bits per heavy atom. The molecule has 1 aromatic rings. The Balaban J connectivity index is 1.78. The molecule has 5 nitrogen and oxygen atoms in total. The van der Waals surface area contributed by atoms with E-state index in [1.54, 1.807) is 6.07 Å². The summed E-state index contributed by atoms with van der Waals surface area (Å²) in [5.41, 5.74) is 0. The van der Waals surface area contributed by atoms with Gasteiger partial charge in [0.2, 0.25) is 10.0 Å². The van der Waals surface area contributed by atoms with Crippen LogP contribution >= 0.6 is 22.9 Å². The van der Waals surface area contributed by atoms with Gasteiger partial charge in [-0.3, -0.25) is 0 Å². The van der Waals surface area contributed by atoms with Gasteiger partial charge >= 0.3 is 0 Å². The summed E-state index contributed by atoms with van der Waals surface area (Å²) in [5.74, 6) is 0.117.